The molecule has 2 N–H and O–H groups in total. The lowest BCUT2D eigenvalue weighted by Gasteiger charge is -2.37. The highest BCUT2D eigenvalue weighted by Gasteiger charge is 2.46. The summed E-state index contributed by atoms with van der Waals surface area (Å²) < 4.78 is 42.8. The van der Waals surface area contributed by atoms with Crippen molar-refractivity contribution in [3.05, 3.63) is 0 Å². The molecule has 0 aromatic carbocycles. The number of rotatable bonds is 0. The van der Waals surface area contributed by atoms with Crippen LogP contribution in [0.1, 0.15) is 27.2 Å². The normalized spacial score (nSPS) is 26.1. The van der Waals surface area contributed by atoms with Gasteiger partial charge < -0.3 is 15.4 Å². The van der Waals surface area contributed by atoms with Gasteiger partial charge in [-0.25, -0.2) is 4.79 Å². The standard InChI is InChI=1S/C11H19F3N2O2/c1-10(2,3)18-9(17)16-5-4-7(8(15)6-16)11(12,13)14/h7-8H,4-6,15H2,1-3H3/t7-,8-/m1/s1. The molecule has 0 saturated carbocycles. The van der Waals surface area contributed by atoms with E-state index in [9.17, 15) is 18.0 Å². The number of ether oxygens (including phenoxy) is 1. The molecule has 7 heteroatoms. The molecule has 0 aromatic heterocycles. The molecule has 1 saturated heterocycles. The Hall–Kier alpha value is -0.980. The Labute approximate surface area is 104 Å². The molecule has 0 unspecified atom stereocenters. The molecule has 1 heterocycles. The minimum Gasteiger partial charge on any atom is -0.444 e. The highest BCUT2D eigenvalue weighted by Crippen LogP contribution is 2.33. The van der Waals surface area contributed by atoms with E-state index in [0.717, 1.165) is 0 Å². The van der Waals surface area contributed by atoms with Gasteiger partial charge in [-0.2, -0.15) is 13.2 Å². The molecule has 2 atom stereocenters. The number of likely N-dealkylation sites (tertiary alicyclic amines) is 1. The number of carbonyl (C=O) groups is 1. The van der Waals surface area contributed by atoms with Crippen LogP contribution in [-0.2, 0) is 4.74 Å². The maximum atomic E-state index is 12.6. The lowest BCUT2D eigenvalue weighted by Crippen LogP contribution is -2.55. The molecule has 0 aliphatic carbocycles. The third kappa shape index (κ3) is 4.04. The first-order chi connectivity index (χ1) is 8.00. The molecule has 1 aliphatic heterocycles. The lowest BCUT2D eigenvalue weighted by atomic mass is 9.92. The number of halogens is 3. The maximum absolute atomic E-state index is 12.6. The smallest absolute Gasteiger partial charge is 0.410 e. The number of piperidine rings is 1. The number of hydrogen-bond donors (Lipinski definition) is 1. The van der Waals surface area contributed by atoms with E-state index in [0.29, 0.717) is 0 Å². The Bertz CT molecular complexity index is 312. The highest BCUT2D eigenvalue weighted by atomic mass is 19.4. The predicted octanol–water partition coefficient (Wildman–Crippen LogP) is 2.13. The van der Waals surface area contributed by atoms with Gasteiger partial charge in [-0.1, -0.05) is 0 Å². The van der Waals surface area contributed by atoms with Crippen LogP contribution in [0.2, 0.25) is 0 Å². The van der Waals surface area contributed by atoms with Gasteiger partial charge in [0.15, 0.2) is 0 Å². The van der Waals surface area contributed by atoms with Gasteiger partial charge in [0.05, 0.1) is 5.92 Å². The predicted molar refractivity (Wildman–Crippen MR) is 59.9 cm³/mol. The molecule has 0 aromatic rings. The van der Waals surface area contributed by atoms with Gasteiger partial charge in [0.1, 0.15) is 5.60 Å². The Kier molecular flexibility index (Phi) is 4.15. The summed E-state index contributed by atoms with van der Waals surface area (Å²) in [4.78, 5) is 12.9. The topological polar surface area (TPSA) is 55.6 Å². The molecule has 0 spiro atoms. The largest absolute Gasteiger partial charge is 0.444 e. The Morgan fingerprint density at radius 2 is 1.89 bits per heavy atom. The molecular formula is C11H19F3N2O2. The average molecular weight is 268 g/mol. The third-order valence-electron chi connectivity index (χ3n) is 2.73. The molecule has 1 amide bonds. The van der Waals surface area contributed by atoms with Crippen LogP contribution in [0, 0.1) is 5.92 Å². The van der Waals surface area contributed by atoms with Crippen LogP contribution < -0.4 is 5.73 Å². The molecule has 1 aliphatic rings. The van der Waals surface area contributed by atoms with Crippen molar-refractivity contribution >= 4 is 6.09 Å². The van der Waals surface area contributed by atoms with Crippen molar-refractivity contribution in [2.24, 2.45) is 11.7 Å². The fourth-order valence-corrected chi connectivity index (χ4v) is 1.88. The number of carbonyl (C=O) groups excluding carboxylic acids is 1. The van der Waals surface area contributed by atoms with Gasteiger partial charge in [0.2, 0.25) is 0 Å². The average Bonchev–Trinajstić information content (AvgIpc) is 2.12. The highest BCUT2D eigenvalue weighted by molar-refractivity contribution is 5.68. The van der Waals surface area contributed by atoms with E-state index in [4.69, 9.17) is 10.5 Å². The summed E-state index contributed by atoms with van der Waals surface area (Å²) >= 11 is 0. The fourth-order valence-electron chi connectivity index (χ4n) is 1.88. The monoisotopic (exact) mass is 268 g/mol. The number of nitrogens with two attached hydrogens (primary N) is 1. The second kappa shape index (κ2) is 4.95. The van der Waals surface area contributed by atoms with Gasteiger partial charge in [-0.05, 0) is 27.2 Å². The van der Waals surface area contributed by atoms with Crippen LogP contribution in [0.4, 0.5) is 18.0 Å². The van der Waals surface area contributed by atoms with Crippen LogP contribution in [0.25, 0.3) is 0 Å². The van der Waals surface area contributed by atoms with Crippen molar-refractivity contribution in [2.45, 2.75) is 45.0 Å². The van der Waals surface area contributed by atoms with Crippen molar-refractivity contribution in [1.29, 1.82) is 0 Å². The molecule has 0 radical (unpaired) electrons. The summed E-state index contributed by atoms with van der Waals surface area (Å²) in [5.74, 6) is -1.55. The van der Waals surface area contributed by atoms with Crippen LogP contribution >= 0.6 is 0 Å². The van der Waals surface area contributed by atoms with Gasteiger partial charge in [0, 0.05) is 19.1 Å². The minimum absolute atomic E-state index is 0.0206. The number of nitrogens with zero attached hydrogens (tertiary/aromatic N) is 1. The molecular weight excluding hydrogens is 249 g/mol. The summed E-state index contributed by atoms with van der Waals surface area (Å²) in [5.41, 5.74) is 4.82. The first-order valence-corrected chi connectivity index (χ1v) is 5.81. The molecule has 1 rings (SSSR count). The number of amides is 1. The lowest BCUT2D eigenvalue weighted by molar-refractivity contribution is -0.189. The Morgan fingerprint density at radius 1 is 1.33 bits per heavy atom. The fraction of sp³-hybridized carbons (Fsp3) is 0.909. The summed E-state index contributed by atoms with van der Waals surface area (Å²) in [6.07, 6.45) is -5.10. The SMILES string of the molecule is CC(C)(C)OC(=O)N1CC[C@@H](C(F)(F)F)[C@H](N)C1. The van der Waals surface area contributed by atoms with Crippen molar-refractivity contribution in [3.63, 3.8) is 0 Å². The van der Waals surface area contributed by atoms with Crippen molar-refractivity contribution in [1.82, 2.24) is 4.90 Å². The third-order valence-corrected chi connectivity index (χ3v) is 2.73. The van der Waals surface area contributed by atoms with E-state index in [2.05, 4.69) is 0 Å². The second-order valence-corrected chi connectivity index (χ2v) is 5.53. The van der Waals surface area contributed by atoms with E-state index in [1.807, 2.05) is 0 Å². The van der Waals surface area contributed by atoms with Crippen molar-refractivity contribution in [2.75, 3.05) is 13.1 Å². The van der Waals surface area contributed by atoms with E-state index >= 15 is 0 Å². The van der Waals surface area contributed by atoms with E-state index in [1.54, 1.807) is 20.8 Å². The summed E-state index contributed by atoms with van der Waals surface area (Å²) in [6.45, 7) is 5.00. The maximum Gasteiger partial charge on any atom is 0.410 e. The van der Waals surface area contributed by atoms with Crippen LogP contribution in [0.3, 0.4) is 0 Å². The molecule has 106 valence electrons. The van der Waals surface area contributed by atoms with Crippen LogP contribution in [0.15, 0.2) is 0 Å². The number of alkyl halides is 3. The first kappa shape index (κ1) is 15.1. The summed E-state index contributed by atoms with van der Waals surface area (Å²) in [6, 6.07) is -1.09. The van der Waals surface area contributed by atoms with Crippen molar-refractivity contribution in [3.8, 4) is 0 Å². The Morgan fingerprint density at radius 3 is 2.28 bits per heavy atom. The molecule has 18 heavy (non-hydrogen) atoms. The second-order valence-electron chi connectivity index (χ2n) is 5.53. The first-order valence-electron chi connectivity index (χ1n) is 5.81. The van der Waals surface area contributed by atoms with Crippen LogP contribution in [0.5, 0.6) is 0 Å². The molecule has 4 nitrogen and oxygen atoms in total. The van der Waals surface area contributed by atoms with Crippen molar-refractivity contribution < 1.29 is 22.7 Å². The number of hydrogen-bond acceptors (Lipinski definition) is 3. The molecule has 1 fully saturated rings. The molecule has 0 bridgehead atoms. The quantitative estimate of drug-likeness (QED) is 0.732. The Balaban J connectivity index is 2.59. The zero-order chi connectivity index (χ0) is 14.1. The van der Waals surface area contributed by atoms with Gasteiger partial charge in [0.25, 0.3) is 0 Å². The zero-order valence-corrected chi connectivity index (χ0v) is 10.8. The zero-order valence-electron chi connectivity index (χ0n) is 10.8. The van der Waals surface area contributed by atoms with Gasteiger partial charge >= 0.3 is 12.3 Å². The summed E-state index contributed by atoms with van der Waals surface area (Å²) in [7, 11) is 0. The van der Waals surface area contributed by atoms with E-state index in [-0.39, 0.29) is 19.5 Å². The van der Waals surface area contributed by atoms with Crippen LogP contribution in [-0.4, -0.2) is 41.9 Å². The van der Waals surface area contributed by atoms with Gasteiger partial charge in [-0.15, -0.1) is 0 Å². The van der Waals surface area contributed by atoms with E-state index in [1.165, 1.54) is 4.90 Å². The van der Waals surface area contributed by atoms with E-state index < -0.39 is 29.8 Å². The minimum atomic E-state index is -4.31. The van der Waals surface area contributed by atoms with Gasteiger partial charge in [-0.3, -0.25) is 0 Å². The summed E-state index contributed by atoms with van der Waals surface area (Å²) in [5, 5.41) is 0.